The molecular weight excluding hydrogens is 416 g/mol. The van der Waals surface area contributed by atoms with Crippen molar-refractivity contribution in [1.82, 2.24) is 4.98 Å². The van der Waals surface area contributed by atoms with Crippen molar-refractivity contribution >= 4 is 37.6 Å². The van der Waals surface area contributed by atoms with Gasteiger partial charge in [-0.3, -0.25) is 9.13 Å². The van der Waals surface area contributed by atoms with Crippen molar-refractivity contribution in [3.05, 3.63) is 30.3 Å². The molecule has 0 aliphatic rings. The molecule has 1 heterocycles. The van der Waals surface area contributed by atoms with Gasteiger partial charge in [0.1, 0.15) is 5.82 Å². The highest BCUT2D eigenvalue weighted by molar-refractivity contribution is 7.71. The third-order valence-corrected chi connectivity index (χ3v) is 7.81. The number of rotatable bonds is 12. The molecule has 9 nitrogen and oxygen atoms in total. The van der Waals surface area contributed by atoms with E-state index in [4.69, 9.17) is 0 Å². The molecule has 29 heavy (non-hydrogen) atoms. The third-order valence-electron chi connectivity index (χ3n) is 4.48. The highest BCUT2D eigenvalue weighted by Gasteiger charge is 2.43. The Labute approximate surface area is 170 Å². The van der Waals surface area contributed by atoms with Gasteiger partial charge in [-0.05, 0) is 12.5 Å². The Kier molecular flexibility index (Phi) is 8.64. The molecule has 0 bridgehead atoms. The Balaban J connectivity index is 2.18. The highest BCUT2D eigenvalue weighted by Crippen LogP contribution is 2.59. The summed E-state index contributed by atoms with van der Waals surface area (Å²) < 4.78 is 23.1. The minimum Gasteiger partial charge on any atom is -0.384 e. The average molecular weight is 445 g/mol. The summed E-state index contributed by atoms with van der Waals surface area (Å²) in [6.45, 7) is 2.88. The number of nitrogens with zero attached hydrogens (tertiary/aromatic N) is 1. The summed E-state index contributed by atoms with van der Waals surface area (Å²) in [5.74, 6) is -0.0224. The Bertz CT molecular complexity index is 876. The standard InChI is InChI=1S/C18H29N3O6P2/c1-2-3-4-5-6-9-12-19-16-13-17(20-15-11-8-7-10-14(15)16)21-18(28(22,23)24)29(25,26)27/h7-8,10-11,13,18H,2-6,9,12H2,1H3,(H2,19,20,21)(H2,22,23,24)(H2,25,26,27). The summed E-state index contributed by atoms with van der Waals surface area (Å²) in [5.41, 5.74) is -1.13. The first kappa shape index (κ1) is 23.8. The lowest BCUT2D eigenvalue weighted by atomic mass is 10.1. The van der Waals surface area contributed by atoms with E-state index in [1.807, 2.05) is 12.1 Å². The quantitative estimate of drug-likeness (QED) is 0.210. The number of para-hydroxylation sites is 1. The van der Waals surface area contributed by atoms with Gasteiger partial charge in [-0.15, -0.1) is 0 Å². The number of benzene rings is 1. The van der Waals surface area contributed by atoms with Crippen molar-refractivity contribution in [1.29, 1.82) is 0 Å². The lowest BCUT2D eigenvalue weighted by Crippen LogP contribution is -2.20. The van der Waals surface area contributed by atoms with E-state index in [9.17, 15) is 28.7 Å². The van der Waals surface area contributed by atoms with Crippen molar-refractivity contribution in [2.24, 2.45) is 0 Å². The van der Waals surface area contributed by atoms with E-state index in [-0.39, 0.29) is 5.82 Å². The molecule has 0 saturated carbocycles. The molecule has 162 valence electrons. The first-order valence-electron chi connectivity index (χ1n) is 9.63. The van der Waals surface area contributed by atoms with Gasteiger partial charge in [0.05, 0.1) is 5.52 Å². The maximum Gasteiger partial charge on any atom is 0.360 e. The molecule has 0 aliphatic heterocycles. The van der Waals surface area contributed by atoms with Crippen molar-refractivity contribution in [2.45, 2.75) is 51.0 Å². The Hall–Kier alpha value is -1.47. The summed E-state index contributed by atoms with van der Waals surface area (Å²) in [6.07, 6.45) is 6.88. The zero-order valence-corrected chi connectivity index (χ0v) is 18.1. The summed E-state index contributed by atoms with van der Waals surface area (Å²) in [7, 11) is -10.2. The van der Waals surface area contributed by atoms with E-state index in [0.717, 1.165) is 18.2 Å². The van der Waals surface area contributed by atoms with Crippen LogP contribution in [0.15, 0.2) is 30.3 Å². The van der Waals surface area contributed by atoms with Crippen molar-refractivity contribution in [3.8, 4) is 0 Å². The lowest BCUT2D eigenvalue weighted by Gasteiger charge is -2.22. The largest absolute Gasteiger partial charge is 0.384 e. The van der Waals surface area contributed by atoms with Gasteiger partial charge in [-0.1, -0.05) is 57.2 Å². The number of unbranched alkanes of at least 4 members (excludes halogenated alkanes) is 5. The van der Waals surface area contributed by atoms with Crippen LogP contribution in [0.5, 0.6) is 0 Å². The van der Waals surface area contributed by atoms with Crippen LogP contribution in [-0.2, 0) is 9.13 Å². The number of hydrogen-bond acceptors (Lipinski definition) is 5. The number of fused-ring (bicyclic) bond motifs is 1. The average Bonchev–Trinajstić information content (AvgIpc) is 2.63. The molecule has 0 unspecified atom stereocenters. The Morgan fingerprint density at radius 1 is 0.966 bits per heavy atom. The molecule has 2 aromatic rings. The fraction of sp³-hybridized carbons (Fsp3) is 0.500. The van der Waals surface area contributed by atoms with Crippen LogP contribution in [0.4, 0.5) is 11.5 Å². The molecule has 0 spiro atoms. The summed E-state index contributed by atoms with van der Waals surface area (Å²) >= 11 is 0. The first-order chi connectivity index (χ1) is 13.6. The van der Waals surface area contributed by atoms with Crippen LogP contribution in [0, 0.1) is 0 Å². The van der Waals surface area contributed by atoms with E-state index >= 15 is 0 Å². The molecule has 0 aliphatic carbocycles. The SMILES string of the molecule is CCCCCCCCNc1cc(NC(P(=O)(O)O)P(=O)(O)O)nc2ccccc12. The fourth-order valence-corrected chi connectivity index (χ4v) is 5.19. The monoisotopic (exact) mass is 445 g/mol. The maximum atomic E-state index is 11.5. The molecule has 0 saturated heterocycles. The zero-order valence-electron chi connectivity index (χ0n) is 16.4. The number of hydrogen-bond donors (Lipinski definition) is 6. The van der Waals surface area contributed by atoms with Gasteiger partial charge in [0.2, 0.25) is 5.52 Å². The topological polar surface area (TPSA) is 152 Å². The van der Waals surface area contributed by atoms with Gasteiger partial charge in [0.25, 0.3) is 0 Å². The van der Waals surface area contributed by atoms with Crippen LogP contribution >= 0.6 is 15.2 Å². The molecule has 0 radical (unpaired) electrons. The number of anilines is 2. The predicted octanol–water partition coefficient (Wildman–Crippen LogP) is 4.06. The maximum absolute atomic E-state index is 11.5. The lowest BCUT2D eigenvalue weighted by molar-refractivity contribution is 0.343. The number of pyridine rings is 1. The molecule has 0 amide bonds. The second kappa shape index (κ2) is 10.5. The van der Waals surface area contributed by atoms with Crippen LogP contribution in [0.1, 0.15) is 45.4 Å². The minimum atomic E-state index is -5.11. The molecule has 1 aromatic heterocycles. The third kappa shape index (κ3) is 7.37. The van der Waals surface area contributed by atoms with Crippen LogP contribution in [0.2, 0.25) is 0 Å². The van der Waals surface area contributed by atoms with E-state index in [0.29, 0.717) is 17.7 Å². The van der Waals surface area contributed by atoms with Gasteiger partial charge in [-0.2, -0.15) is 0 Å². The summed E-state index contributed by atoms with van der Waals surface area (Å²) in [5, 5.41) is 6.35. The smallest absolute Gasteiger partial charge is 0.360 e. The number of nitrogens with one attached hydrogen (secondary N) is 2. The Morgan fingerprint density at radius 3 is 2.24 bits per heavy atom. The summed E-state index contributed by atoms with van der Waals surface area (Å²) in [4.78, 5) is 41.6. The second-order valence-electron chi connectivity index (χ2n) is 6.96. The molecule has 11 heteroatoms. The van der Waals surface area contributed by atoms with Crippen LogP contribution in [-0.4, -0.2) is 36.6 Å². The molecule has 2 rings (SSSR count). The van der Waals surface area contributed by atoms with E-state index < -0.39 is 20.7 Å². The van der Waals surface area contributed by atoms with Crippen LogP contribution in [0.3, 0.4) is 0 Å². The molecule has 1 aromatic carbocycles. The van der Waals surface area contributed by atoms with Crippen LogP contribution < -0.4 is 10.6 Å². The van der Waals surface area contributed by atoms with Gasteiger partial charge >= 0.3 is 15.2 Å². The number of aromatic nitrogens is 1. The highest BCUT2D eigenvalue weighted by atomic mass is 31.2. The van der Waals surface area contributed by atoms with Crippen LogP contribution in [0.25, 0.3) is 10.9 Å². The predicted molar refractivity (Wildman–Crippen MR) is 115 cm³/mol. The molecule has 6 N–H and O–H groups in total. The fourth-order valence-electron chi connectivity index (χ4n) is 3.02. The van der Waals surface area contributed by atoms with Gasteiger partial charge in [-0.25, -0.2) is 4.98 Å². The normalized spacial score (nSPS) is 12.5. The molecule has 0 atom stereocenters. The first-order valence-corrected chi connectivity index (χ1v) is 13.0. The zero-order chi connectivity index (χ0) is 21.5. The van der Waals surface area contributed by atoms with Gasteiger partial charge in [0.15, 0.2) is 0 Å². The van der Waals surface area contributed by atoms with E-state index in [2.05, 4.69) is 22.5 Å². The Morgan fingerprint density at radius 2 is 1.59 bits per heavy atom. The van der Waals surface area contributed by atoms with Crippen molar-refractivity contribution < 1.29 is 28.7 Å². The van der Waals surface area contributed by atoms with E-state index in [1.165, 1.54) is 31.7 Å². The van der Waals surface area contributed by atoms with Gasteiger partial charge < -0.3 is 30.2 Å². The van der Waals surface area contributed by atoms with Crippen molar-refractivity contribution in [3.63, 3.8) is 0 Å². The van der Waals surface area contributed by atoms with Crippen molar-refractivity contribution in [2.75, 3.05) is 17.2 Å². The summed E-state index contributed by atoms with van der Waals surface area (Å²) in [6, 6.07) is 8.71. The molecular formula is C18H29N3O6P2. The second-order valence-corrected chi connectivity index (χ2v) is 10.8. The molecule has 0 fully saturated rings. The van der Waals surface area contributed by atoms with Gasteiger partial charge in [0, 0.05) is 23.7 Å². The van der Waals surface area contributed by atoms with E-state index in [1.54, 1.807) is 12.1 Å². The minimum absolute atomic E-state index is 0.0224.